The molecule has 130 valence electrons. The Morgan fingerprint density at radius 2 is 1.96 bits per heavy atom. The molecule has 1 atom stereocenters. The molecule has 1 saturated heterocycles. The van der Waals surface area contributed by atoms with Crippen LogP contribution in [0.2, 0.25) is 0 Å². The van der Waals surface area contributed by atoms with Gasteiger partial charge in [-0.05, 0) is 50.5 Å². The lowest BCUT2D eigenvalue weighted by molar-refractivity contribution is 0.00998. The van der Waals surface area contributed by atoms with E-state index in [1.165, 1.54) is 12.8 Å². The van der Waals surface area contributed by atoms with E-state index in [0.29, 0.717) is 24.5 Å². The minimum absolute atomic E-state index is 0.000760. The molecule has 0 bridgehead atoms. The van der Waals surface area contributed by atoms with Gasteiger partial charge in [0.25, 0.3) is 0 Å². The third kappa shape index (κ3) is 3.87. The fourth-order valence-electron chi connectivity index (χ4n) is 3.56. The minimum atomic E-state index is -0.363. The molecule has 6 heteroatoms. The summed E-state index contributed by atoms with van der Waals surface area (Å²) in [4.78, 5) is 23.7. The molecule has 0 aromatic heterocycles. The minimum Gasteiger partial charge on any atom is -0.462 e. The highest BCUT2D eigenvalue weighted by Crippen LogP contribution is 2.40. The van der Waals surface area contributed by atoms with Crippen molar-refractivity contribution >= 4 is 17.7 Å². The van der Waals surface area contributed by atoms with Crippen LogP contribution in [-0.4, -0.2) is 36.9 Å². The fourth-order valence-corrected chi connectivity index (χ4v) is 3.56. The molecule has 2 aliphatic rings. The number of urea groups is 1. The van der Waals surface area contributed by atoms with Gasteiger partial charge in [-0.1, -0.05) is 12.8 Å². The lowest BCUT2D eigenvalue weighted by Crippen LogP contribution is -2.39. The number of carbonyl (C=O) groups excluding carboxylic acids is 2. The van der Waals surface area contributed by atoms with Crippen molar-refractivity contribution < 1.29 is 19.1 Å². The standard InChI is InChI=1S/C18H24N2O4/c1-2-23-16(21)13-5-7-14(8-6-13)19-17(22)20-15-11-18(24-12-15)9-3-4-10-18/h5-8,15H,2-4,9-12H2,1H3,(H2,19,20,22). The molecule has 24 heavy (non-hydrogen) atoms. The first-order chi connectivity index (χ1) is 11.6. The van der Waals surface area contributed by atoms with Crippen LogP contribution < -0.4 is 10.6 Å². The first-order valence-electron chi connectivity index (χ1n) is 8.59. The number of hydrogen-bond donors (Lipinski definition) is 2. The number of anilines is 1. The van der Waals surface area contributed by atoms with Crippen molar-refractivity contribution in [2.75, 3.05) is 18.5 Å². The van der Waals surface area contributed by atoms with Crippen LogP contribution in [0, 0.1) is 0 Å². The molecule has 2 fully saturated rings. The van der Waals surface area contributed by atoms with E-state index in [1.54, 1.807) is 31.2 Å². The van der Waals surface area contributed by atoms with Gasteiger partial charge in [0, 0.05) is 5.69 Å². The molecule has 1 spiro atoms. The van der Waals surface area contributed by atoms with E-state index in [1.807, 2.05) is 0 Å². The maximum atomic E-state index is 12.1. The maximum Gasteiger partial charge on any atom is 0.338 e. The van der Waals surface area contributed by atoms with E-state index in [2.05, 4.69) is 10.6 Å². The quantitative estimate of drug-likeness (QED) is 0.831. The van der Waals surface area contributed by atoms with Crippen LogP contribution in [0.25, 0.3) is 0 Å². The predicted molar refractivity (Wildman–Crippen MR) is 90.1 cm³/mol. The monoisotopic (exact) mass is 332 g/mol. The third-order valence-corrected chi connectivity index (χ3v) is 4.71. The van der Waals surface area contributed by atoms with Gasteiger partial charge in [0.15, 0.2) is 0 Å². The Kier molecular flexibility index (Phi) is 5.04. The van der Waals surface area contributed by atoms with E-state index < -0.39 is 0 Å². The molecule has 1 saturated carbocycles. The predicted octanol–water partition coefficient (Wildman–Crippen LogP) is 3.09. The van der Waals surface area contributed by atoms with Crippen molar-refractivity contribution in [2.24, 2.45) is 0 Å². The zero-order valence-electron chi connectivity index (χ0n) is 14.0. The number of amides is 2. The summed E-state index contributed by atoms with van der Waals surface area (Å²) in [5.74, 6) is -0.363. The van der Waals surface area contributed by atoms with Crippen molar-refractivity contribution in [1.29, 1.82) is 0 Å². The molecular weight excluding hydrogens is 308 g/mol. The molecule has 1 aliphatic heterocycles. The van der Waals surface area contributed by atoms with Crippen LogP contribution in [0.1, 0.15) is 49.4 Å². The Bertz CT molecular complexity index is 594. The van der Waals surface area contributed by atoms with E-state index in [0.717, 1.165) is 19.3 Å². The number of hydrogen-bond acceptors (Lipinski definition) is 4. The highest BCUT2D eigenvalue weighted by molar-refractivity contribution is 5.92. The van der Waals surface area contributed by atoms with Crippen LogP contribution in [-0.2, 0) is 9.47 Å². The van der Waals surface area contributed by atoms with Crippen molar-refractivity contribution in [2.45, 2.75) is 50.7 Å². The molecule has 2 N–H and O–H groups in total. The summed E-state index contributed by atoms with van der Waals surface area (Å²) in [6.07, 6.45) is 5.52. The lowest BCUT2D eigenvalue weighted by Gasteiger charge is -2.21. The first-order valence-corrected chi connectivity index (χ1v) is 8.59. The van der Waals surface area contributed by atoms with Gasteiger partial charge in [-0.2, -0.15) is 0 Å². The van der Waals surface area contributed by atoms with Gasteiger partial charge in [0.2, 0.25) is 0 Å². The normalized spacial score (nSPS) is 21.6. The Morgan fingerprint density at radius 1 is 1.25 bits per heavy atom. The van der Waals surface area contributed by atoms with Crippen molar-refractivity contribution in [1.82, 2.24) is 5.32 Å². The number of nitrogens with one attached hydrogen (secondary N) is 2. The van der Waals surface area contributed by atoms with E-state index in [4.69, 9.17) is 9.47 Å². The summed E-state index contributed by atoms with van der Waals surface area (Å²) in [7, 11) is 0. The van der Waals surface area contributed by atoms with Crippen LogP contribution in [0.15, 0.2) is 24.3 Å². The molecule has 1 aromatic rings. The zero-order valence-corrected chi connectivity index (χ0v) is 14.0. The topological polar surface area (TPSA) is 76.7 Å². The maximum absolute atomic E-state index is 12.1. The smallest absolute Gasteiger partial charge is 0.338 e. The zero-order chi connectivity index (χ0) is 17.0. The van der Waals surface area contributed by atoms with Gasteiger partial charge >= 0.3 is 12.0 Å². The molecule has 3 rings (SSSR count). The highest BCUT2D eigenvalue weighted by Gasteiger charge is 2.42. The molecule has 1 aliphatic carbocycles. The summed E-state index contributed by atoms with van der Waals surface area (Å²) in [6, 6.07) is 6.47. The Labute approximate surface area is 141 Å². The average molecular weight is 332 g/mol. The summed E-state index contributed by atoms with van der Waals surface area (Å²) < 4.78 is 10.9. The Hall–Kier alpha value is -2.08. The van der Waals surface area contributed by atoms with E-state index >= 15 is 0 Å². The van der Waals surface area contributed by atoms with Crippen LogP contribution in [0.4, 0.5) is 10.5 Å². The Morgan fingerprint density at radius 3 is 2.62 bits per heavy atom. The summed E-state index contributed by atoms with van der Waals surface area (Å²) in [5, 5.41) is 5.76. The van der Waals surface area contributed by atoms with Crippen molar-refractivity contribution in [3.05, 3.63) is 29.8 Å². The molecule has 1 unspecified atom stereocenters. The van der Waals surface area contributed by atoms with Gasteiger partial charge in [-0.3, -0.25) is 0 Å². The second kappa shape index (κ2) is 7.21. The summed E-state index contributed by atoms with van der Waals surface area (Å²) in [6.45, 7) is 2.68. The van der Waals surface area contributed by atoms with Crippen LogP contribution in [0.3, 0.4) is 0 Å². The van der Waals surface area contributed by atoms with Gasteiger partial charge in [0.05, 0.1) is 30.4 Å². The molecule has 1 heterocycles. The fraction of sp³-hybridized carbons (Fsp3) is 0.556. The summed E-state index contributed by atoms with van der Waals surface area (Å²) >= 11 is 0. The lowest BCUT2D eigenvalue weighted by atomic mass is 9.96. The SMILES string of the molecule is CCOC(=O)c1ccc(NC(=O)NC2COC3(CCCC3)C2)cc1. The largest absolute Gasteiger partial charge is 0.462 e. The average Bonchev–Trinajstić information content (AvgIpc) is 3.18. The van der Waals surface area contributed by atoms with Crippen LogP contribution >= 0.6 is 0 Å². The van der Waals surface area contributed by atoms with Gasteiger partial charge in [-0.25, -0.2) is 9.59 Å². The second-order valence-electron chi connectivity index (χ2n) is 6.50. The third-order valence-electron chi connectivity index (χ3n) is 4.71. The molecule has 0 radical (unpaired) electrons. The number of ether oxygens (including phenoxy) is 2. The van der Waals surface area contributed by atoms with E-state index in [-0.39, 0.29) is 23.6 Å². The number of benzene rings is 1. The summed E-state index contributed by atoms with van der Waals surface area (Å²) in [5.41, 5.74) is 1.10. The molecule has 2 amide bonds. The number of carbonyl (C=O) groups is 2. The first kappa shape index (κ1) is 16.8. The molecule has 6 nitrogen and oxygen atoms in total. The number of esters is 1. The van der Waals surface area contributed by atoms with Crippen molar-refractivity contribution in [3.63, 3.8) is 0 Å². The van der Waals surface area contributed by atoms with Gasteiger partial charge in [0.1, 0.15) is 0 Å². The van der Waals surface area contributed by atoms with Gasteiger partial charge < -0.3 is 20.1 Å². The molecule has 1 aromatic carbocycles. The second-order valence-corrected chi connectivity index (χ2v) is 6.50. The molecular formula is C18H24N2O4. The highest BCUT2D eigenvalue weighted by atomic mass is 16.5. The van der Waals surface area contributed by atoms with Crippen molar-refractivity contribution in [3.8, 4) is 0 Å². The van der Waals surface area contributed by atoms with Crippen LogP contribution in [0.5, 0.6) is 0 Å². The van der Waals surface area contributed by atoms with E-state index in [9.17, 15) is 9.59 Å². The Balaban J connectivity index is 1.49. The number of rotatable bonds is 4. The van der Waals surface area contributed by atoms with Gasteiger partial charge in [-0.15, -0.1) is 0 Å².